The number of nitrogens with two attached hydrogens (primary N) is 1. The number of hydrogen-bond acceptors (Lipinski definition) is 5. The van der Waals surface area contributed by atoms with Gasteiger partial charge in [-0.1, -0.05) is 25.1 Å². The van der Waals surface area contributed by atoms with Crippen LogP contribution in [0, 0.1) is 6.92 Å². The lowest BCUT2D eigenvalue weighted by Gasteiger charge is -2.17. The summed E-state index contributed by atoms with van der Waals surface area (Å²) >= 11 is 0. The van der Waals surface area contributed by atoms with Crippen molar-refractivity contribution in [3.8, 4) is 17.2 Å². The average molecular weight is 352 g/mol. The van der Waals surface area contributed by atoms with Crippen molar-refractivity contribution >= 4 is 16.6 Å². The Balaban J connectivity index is 1.94. The fraction of sp³-hybridized carbons (Fsp3) is 0.286. The van der Waals surface area contributed by atoms with Crippen molar-refractivity contribution in [3.05, 3.63) is 53.7 Å². The lowest BCUT2D eigenvalue weighted by atomic mass is 10.1. The normalized spacial score (nSPS) is 10.7. The highest BCUT2D eigenvalue weighted by atomic mass is 16.5. The van der Waals surface area contributed by atoms with E-state index in [1.54, 1.807) is 13.2 Å². The van der Waals surface area contributed by atoms with Crippen LogP contribution >= 0.6 is 0 Å². The summed E-state index contributed by atoms with van der Waals surface area (Å²) in [4.78, 5) is 4.61. The molecule has 0 unspecified atom stereocenters. The van der Waals surface area contributed by atoms with Crippen molar-refractivity contribution in [2.45, 2.75) is 26.9 Å². The Morgan fingerprint density at radius 2 is 1.85 bits per heavy atom. The first-order valence-electron chi connectivity index (χ1n) is 8.71. The number of methoxy groups -OCH3 is 1. The standard InChI is InChI=1S/C21H24N2O3/c1-4-12-25-21-16(18(24-3)11-10-17(21)22)13-26-19-7-5-6-15-9-8-14(2)23-20(15)19/h5-11H,4,12-13,22H2,1-3H3. The number of benzene rings is 2. The van der Waals surface area contributed by atoms with Gasteiger partial charge in [0.2, 0.25) is 0 Å². The van der Waals surface area contributed by atoms with Gasteiger partial charge in [0.1, 0.15) is 23.6 Å². The highest BCUT2D eigenvalue weighted by Crippen LogP contribution is 2.36. The number of rotatable bonds is 7. The molecule has 0 saturated carbocycles. The van der Waals surface area contributed by atoms with Crippen LogP contribution in [0.2, 0.25) is 0 Å². The summed E-state index contributed by atoms with van der Waals surface area (Å²) in [5.74, 6) is 2.03. The van der Waals surface area contributed by atoms with Crippen molar-refractivity contribution in [2.24, 2.45) is 0 Å². The van der Waals surface area contributed by atoms with Crippen LogP contribution in [0.15, 0.2) is 42.5 Å². The van der Waals surface area contributed by atoms with Crippen LogP contribution in [-0.4, -0.2) is 18.7 Å². The van der Waals surface area contributed by atoms with E-state index < -0.39 is 0 Å². The second-order valence-electron chi connectivity index (χ2n) is 6.08. The molecule has 2 aromatic carbocycles. The molecule has 5 nitrogen and oxygen atoms in total. The number of para-hydroxylation sites is 1. The van der Waals surface area contributed by atoms with Crippen LogP contribution in [0.25, 0.3) is 10.9 Å². The summed E-state index contributed by atoms with van der Waals surface area (Å²) in [5, 5.41) is 1.04. The summed E-state index contributed by atoms with van der Waals surface area (Å²) in [5.41, 5.74) is 9.27. The number of nitrogens with zero attached hydrogens (tertiary/aromatic N) is 1. The quantitative estimate of drug-likeness (QED) is 0.634. The van der Waals surface area contributed by atoms with E-state index in [1.165, 1.54) is 0 Å². The predicted molar refractivity (Wildman–Crippen MR) is 104 cm³/mol. The minimum atomic E-state index is 0.280. The number of hydrogen-bond donors (Lipinski definition) is 1. The summed E-state index contributed by atoms with van der Waals surface area (Å²) in [7, 11) is 1.63. The van der Waals surface area contributed by atoms with Gasteiger partial charge in [0.05, 0.1) is 25.0 Å². The molecular weight excluding hydrogens is 328 g/mol. The molecule has 0 aliphatic carbocycles. The van der Waals surface area contributed by atoms with E-state index >= 15 is 0 Å². The number of ether oxygens (including phenoxy) is 3. The minimum absolute atomic E-state index is 0.280. The molecule has 3 rings (SSSR count). The van der Waals surface area contributed by atoms with Crippen LogP contribution in [0.3, 0.4) is 0 Å². The lowest BCUT2D eigenvalue weighted by Crippen LogP contribution is -2.07. The van der Waals surface area contributed by atoms with Crippen molar-refractivity contribution < 1.29 is 14.2 Å². The van der Waals surface area contributed by atoms with Gasteiger partial charge in [-0.25, -0.2) is 4.98 Å². The second kappa shape index (κ2) is 7.95. The molecule has 26 heavy (non-hydrogen) atoms. The molecule has 5 heteroatoms. The molecule has 0 aliphatic heterocycles. The van der Waals surface area contributed by atoms with Crippen LogP contribution in [0.5, 0.6) is 17.2 Å². The highest BCUT2D eigenvalue weighted by molar-refractivity contribution is 5.84. The minimum Gasteiger partial charge on any atom is -0.496 e. The van der Waals surface area contributed by atoms with Gasteiger partial charge in [0.15, 0.2) is 5.75 Å². The first kappa shape index (κ1) is 17.9. The third-order valence-electron chi connectivity index (χ3n) is 4.11. The maximum Gasteiger partial charge on any atom is 0.152 e. The SMILES string of the molecule is CCCOc1c(N)ccc(OC)c1COc1cccc2ccc(C)nc12. The molecule has 0 amide bonds. The van der Waals surface area contributed by atoms with Crippen molar-refractivity contribution in [2.75, 3.05) is 19.5 Å². The molecule has 0 fully saturated rings. The monoisotopic (exact) mass is 352 g/mol. The topological polar surface area (TPSA) is 66.6 Å². The molecule has 0 spiro atoms. The summed E-state index contributed by atoms with van der Waals surface area (Å²) in [6.07, 6.45) is 0.892. The van der Waals surface area contributed by atoms with Gasteiger partial charge < -0.3 is 19.9 Å². The van der Waals surface area contributed by atoms with E-state index in [0.29, 0.717) is 23.8 Å². The molecule has 0 saturated heterocycles. The zero-order valence-corrected chi connectivity index (χ0v) is 15.4. The maximum atomic E-state index is 6.12. The summed E-state index contributed by atoms with van der Waals surface area (Å²) in [6.45, 7) is 4.88. The number of anilines is 1. The molecule has 136 valence electrons. The highest BCUT2D eigenvalue weighted by Gasteiger charge is 2.16. The van der Waals surface area contributed by atoms with Gasteiger partial charge in [0, 0.05) is 11.1 Å². The third-order valence-corrected chi connectivity index (χ3v) is 4.11. The summed E-state index contributed by atoms with van der Waals surface area (Å²) in [6, 6.07) is 13.5. The fourth-order valence-electron chi connectivity index (χ4n) is 2.81. The number of nitrogen functional groups attached to an aromatic ring is 1. The number of aromatic nitrogens is 1. The Hall–Kier alpha value is -2.95. The van der Waals surface area contributed by atoms with Crippen molar-refractivity contribution in [1.29, 1.82) is 0 Å². The van der Waals surface area contributed by atoms with Crippen LogP contribution in [0.1, 0.15) is 24.6 Å². The maximum absolute atomic E-state index is 6.12. The largest absolute Gasteiger partial charge is 0.496 e. The van der Waals surface area contributed by atoms with Crippen LogP contribution < -0.4 is 19.9 Å². The molecular formula is C21H24N2O3. The lowest BCUT2D eigenvalue weighted by molar-refractivity contribution is 0.273. The van der Waals surface area contributed by atoms with Gasteiger partial charge in [-0.05, 0) is 37.6 Å². The number of aryl methyl sites for hydroxylation is 1. The molecule has 0 aliphatic rings. The zero-order chi connectivity index (χ0) is 18.5. The molecule has 1 aromatic heterocycles. The third kappa shape index (κ3) is 3.67. The first-order valence-corrected chi connectivity index (χ1v) is 8.71. The van der Waals surface area contributed by atoms with Gasteiger partial charge in [-0.2, -0.15) is 0 Å². The first-order chi connectivity index (χ1) is 12.6. The van der Waals surface area contributed by atoms with E-state index in [-0.39, 0.29) is 6.61 Å². The number of pyridine rings is 1. The molecule has 0 atom stereocenters. The van der Waals surface area contributed by atoms with Gasteiger partial charge in [0.25, 0.3) is 0 Å². The number of fused-ring (bicyclic) bond motifs is 1. The Bertz CT molecular complexity index is 909. The second-order valence-corrected chi connectivity index (χ2v) is 6.08. The molecule has 1 heterocycles. The molecule has 0 bridgehead atoms. The smallest absolute Gasteiger partial charge is 0.152 e. The van der Waals surface area contributed by atoms with E-state index in [4.69, 9.17) is 19.9 Å². The molecule has 2 N–H and O–H groups in total. The van der Waals surface area contributed by atoms with E-state index in [2.05, 4.69) is 11.9 Å². The van der Waals surface area contributed by atoms with Crippen LogP contribution in [-0.2, 0) is 6.61 Å². The van der Waals surface area contributed by atoms with Crippen LogP contribution in [0.4, 0.5) is 5.69 Å². The Morgan fingerprint density at radius 1 is 1.00 bits per heavy atom. The zero-order valence-electron chi connectivity index (χ0n) is 15.4. The van der Waals surface area contributed by atoms with Crippen molar-refractivity contribution in [1.82, 2.24) is 4.98 Å². The van der Waals surface area contributed by atoms with Gasteiger partial charge in [-0.3, -0.25) is 0 Å². The van der Waals surface area contributed by atoms with E-state index in [9.17, 15) is 0 Å². The van der Waals surface area contributed by atoms with Gasteiger partial charge in [-0.15, -0.1) is 0 Å². The fourth-order valence-corrected chi connectivity index (χ4v) is 2.81. The Labute approximate surface area is 153 Å². The van der Waals surface area contributed by atoms with Gasteiger partial charge >= 0.3 is 0 Å². The predicted octanol–water partition coefficient (Wildman–Crippen LogP) is 4.50. The molecule has 0 radical (unpaired) electrons. The Kier molecular flexibility index (Phi) is 5.46. The van der Waals surface area contributed by atoms with E-state index in [1.807, 2.05) is 43.3 Å². The van der Waals surface area contributed by atoms with E-state index in [0.717, 1.165) is 34.3 Å². The average Bonchev–Trinajstić information content (AvgIpc) is 2.65. The van der Waals surface area contributed by atoms with Crippen molar-refractivity contribution in [3.63, 3.8) is 0 Å². The Morgan fingerprint density at radius 3 is 2.62 bits per heavy atom. The molecule has 3 aromatic rings. The summed E-state index contributed by atoms with van der Waals surface area (Å²) < 4.78 is 17.4.